The highest BCUT2D eigenvalue weighted by Crippen LogP contribution is 2.33. The second kappa shape index (κ2) is 8.37. The molecule has 0 aromatic heterocycles. The lowest BCUT2D eigenvalue weighted by Crippen LogP contribution is -2.44. The summed E-state index contributed by atoms with van der Waals surface area (Å²) in [5.74, 6) is -1.02. The Morgan fingerprint density at radius 3 is 2.56 bits per heavy atom. The molecule has 0 spiro atoms. The average Bonchev–Trinajstić information content (AvgIpc) is 2.48. The molecule has 0 radical (unpaired) electrons. The Balaban J connectivity index is 0.00000312. The van der Waals surface area contributed by atoms with Gasteiger partial charge >= 0.3 is 6.18 Å². The van der Waals surface area contributed by atoms with Crippen molar-refractivity contribution in [3.8, 4) is 0 Å². The van der Waals surface area contributed by atoms with Crippen LogP contribution in [0.15, 0.2) is 28.2 Å². The molecular formula is C15H20ClF4N5. The zero-order chi connectivity index (χ0) is 17.9. The van der Waals surface area contributed by atoms with Gasteiger partial charge in [-0.2, -0.15) is 18.2 Å². The number of nitrogens with two attached hydrogens (primary N) is 2. The van der Waals surface area contributed by atoms with Gasteiger partial charge in [0.1, 0.15) is 5.82 Å². The molecule has 2 rings (SSSR count). The van der Waals surface area contributed by atoms with Crippen LogP contribution in [0, 0.1) is 11.7 Å². The molecule has 1 aliphatic heterocycles. The lowest BCUT2D eigenvalue weighted by atomic mass is 10.0. The second-order valence-corrected chi connectivity index (χ2v) is 5.80. The first-order valence-electron chi connectivity index (χ1n) is 7.47. The maximum atomic E-state index is 13.2. The summed E-state index contributed by atoms with van der Waals surface area (Å²) in [6.45, 7) is 3.56. The number of hydrogen-bond acceptors (Lipinski definition) is 1. The molecule has 1 aromatic rings. The van der Waals surface area contributed by atoms with E-state index in [1.807, 2.05) is 4.90 Å². The fourth-order valence-corrected chi connectivity index (χ4v) is 2.54. The second-order valence-electron chi connectivity index (χ2n) is 5.80. The van der Waals surface area contributed by atoms with Crippen molar-refractivity contribution >= 4 is 30.0 Å². The first kappa shape index (κ1) is 21.0. The number of guanidine groups is 2. The largest absolute Gasteiger partial charge is 0.419 e. The van der Waals surface area contributed by atoms with Gasteiger partial charge in [-0.25, -0.2) is 9.38 Å². The fraction of sp³-hybridized carbons (Fsp3) is 0.467. The van der Waals surface area contributed by atoms with Crippen LogP contribution < -0.4 is 11.5 Å². The molecule has 140 valence electrons. The van der Waals surface area contributed by atoms with Gasteiger partial charge < -0.3 is 16.4 Å². The van der Waals surface area contributed by atoms with Gasteiger partial charge in [-0.05, 0) is 37.0 Å². The SMILES string of the molecule is CC1CCCN(C(N)=NC(N)=Nc2ccc(F)c(C(F)(F)F)c2)C1.Cl. The van der Waals surface area contributed by atoms with E-state index in [4.69, 9.17) is 11.5 Å². The Morgan fingerprint density at radius 2 is 1.96 bits per heavy atom. The predicted octanol–water partition coefficient (Wildman–Crippen LogP) is 3.26. The number of hydrogen-bond donors (Lipinski definition) is 2. The summed E-state index contributed by atoms with van der Waals surface area (Å²) in [5, 5.41) is 0. The molecule has 1 saturated heterocycles. The third kappa shape index (κ3) is 5.77. The van der Waals surface area contributed by atoms with Crippen LogP contribution >= 0.6 is 12.4 Å². The van der Waals surface area contributed by atoms with E-state index in [1.165, 1.54) is 0 Å². The smallest absolute Gasteiger partial charge is 0.369 e. The van der Waals surface area contributed by atoms with Gasteiger partial charge in [0, 0.05) is 13.1 Å². The standard InChI is InChI=1S/C15H19F4N5.ClH/c1-9-3-2-6-24(8-9)14(21)23-13(20)22-10-4-5-12(16)11(7-10)15(17,18)19;/h4-5,7,9H,2-3,6,8H2,1H3,(H4,20,21,22,23);1H. The first-order chi connectivity index (χ1) is 11.2. The molecule has 0 saturated carbocycles. The molecule has 5 nitrogen and oxygen atoms in total. The maximum absolute atomic E-state index is 13.2. The molecule has 0 bridgehead atoms. The minimum Gasteiger partial charge on any atom is -0.369 e. The quantitative estimate of drug-likeness (QED) is 0.445. The molecule has 0 amide bonds. The van der Waals surface area contributed by atoms with Gasteiger partial charge in [0.25, 0.3) is 0 Å². The van der Waals surface area contributed by atoms with Crippen LogP contribution in [-0.2, 0) is 6.18 Å². The highest BCUT2D eigenvalue weighted by atomic mass is 35.5. The summed E-state index contributed by atoms with van der Waals surface area (Å²) >= 11 is 0. The van der Waals surface area contributed by atoms with E-state index in [1.54, 1.807) is 0 Å². The predicted molar refractivity (Wildman–Crippen MR) is 91.5 cm³/mol. The summed E-state index contributed by atoms with van der Waals surface area (Å²) in [6.07, 6.45) is -2.74. The van der Waals surface area contributed by atoms with E-state index in [2.05, 4.69) is 16.9 Å². The number of likely N-dealkylation sites (tertiary alicyclic amines) is 1. The summed E-state index contributed by atoms with van der Waals surface area (Å²) in [7, 11) is 0. The topological polar surface area (TPSA) is 80.0 Å². The molecule has 10 heteroatoms. The first-order valence-corrected chi connectivity index (χ1v) is 7.47. The summed E-state index contributed by atoms with van der Waals surface area (Å²) in [5.41, 5.74) is 9.94. The number of halogens is 5. The lowest BCUT2D eigenvalue weighted by Gasteiger charge is -2.31. The van der Waals surface area contributed by atoms with Crippen LogP contribution in [0.5, 0.6) is 0 Å². The Labute approximate surface area is 149 Å². The number of nitrogens with zero attached hydrogens (tertiary/aromatic N) is 3. The molecule has 1 aliphatic rings. The monoisotopic (exact) mass is 381 g/mol. The summed E-state index contributed by atoms with van der Waals surface area (Å²) < 4.78 is 51.3. The molecule has 0 aliphatic carbocycles. The molecule has 1 heterocycles. The van der Waals surface area contributed by atoms with Gasteiger partial charge in [0.15, 0.2) is 5.96 Å². The van der Waals surface area contributed by atoms with Crippen LogP contribution in [0.25, 0.3) is 0 Å². The van der Waals surface area contributed by atoms with Crippen molar-refractivity contribution in [2.45, 2.75) is 25.9 Å². The third-order valence-electron chi connectivity index (χ3n) is 3.71. The number of alkyl halides is 3. The van der Waals surface area contributed by atoms with Crippen LogP contribution in [0.3, 0.4) is 0 Å². The van der Waals surface area contributed by atoms with Crippen molar-refractivity contribution in [2.75, 3.05) is 13.1 Å². The van der Waals surface area contributed by atoms with Crippen LogP contribution in [0.4, 0.5) is 23.2 Å². The maximum Gasteiger partial charge on any atom is 0.419 e. The number of piperidine rings is 1. The van der Waals surface area contributed by atoms with E-state index in [0.29, 0.717) is 18.1 Å². The van der Waals surface area contributed by atoms with Crippen molar-refractivity contribution in [1.29, 1.82) is 0 Å². The highest BCUT2D eigenvalue weighted by molar-refractivity contribution is 5.94. The zero-order valence-corrected chi connectivity index (χ0v) is 14.4. The third-order valence-corrected chi connectivity index (χ3v) is 3.71. The molecule has 25 heavy (non-hydrogen) atoms. The minimum atomic E-state index is -4.81. The van der Waals surface area contributed by atoms with Gasteiger partial charge in [-0.1, -0.05) is 6.92 Å². The number of rotatable bonds is 1. The number of aliphatic imine (C=N–C) groups is 2. The molecule has 4 N–H and O–H groups in total. The van der Waals surface area contributed by atoms with Gasteiger partial charge in [-0.15, -0.1) is 12.4 Å². The molecule has 1 unspecified atom stereocenters. The Hall–Kier alpha value is -2.03. The number of benzene rings is 1. The van der Waals surface area contributed by atoms with Crippen molar-refractivity contribution in [3.05, 3.63) is 29.6 Å². The van der Waals surface area contributed by atoms with Crippen molar-refractivity contribution in [3.63, 3.8) is 0 Å². The van der Waals surface area contributed by atoms with Crippen LogP contribution in [0.2, 0.25) is 0 Å². The zero-order valence-electron chi connectivity index (χ0n) is 13.6. The van der Waals surface area contributed by atoms with Crippen molar-refractivity contribution in [1.82, 2.24) is 4.90 Å². The van der Waals surface area contributed by atoms with E-state index in [0.717, 1.165) is 32.0 Å². The summed E-state index contributed by atoms with van der Waals surface area (Å²) in [4.78, 5) is 9.53. The average molecular weight is 382 g/mol. The van der Waals surface area contributed by atoms with Crippen molar-refractivity contribution < 1.29 is 17.6 Å². The van der Waals surface area contributed by atoms with E-state index in [-0.39, 0.29) is 30.0 Å². The molecule has 1 atom stereocenters. The van der Waals surface area contributed by atoms with Crippen LogP contribution in [0.1, 0.15) is 25.3 Å². The van der Waals surface area contributed by atoms with Gasteiger partial charge in [0.05, 0.1) is 11.3 Å². The molecule has 1 fully saturated rings. The Bertz CT molecular complexity index is 660. The fourth-order valence-electron chi connectivity index (χ4n) is 2.54. The van der Waals surface area contributed by atoms with Crippen molar-refractivity contribution in [2.24, 2.45) is 27.4 Å². The summed E-state index contributed by atoms with van der Waals surface area (Å²) in [6, 6.07) is 2.36. The normalized spacial score (nSPS) is 19.6. The van der Waals surface area contributed by atoms with Gasteiger partial charge in [0.2, 0.25) is 5.96 Å². The molecular weight excluding hydrogens is 362 g/mol. The Kier molecular flexibility index (Phi) is 7.04. The highest BCUT2D eigenvalue weighted by Gasteiger charge is 2.34. The minimum absolute atomic E-state index is 0. The van der Waals surface area contributed by atoms with E-state index in [9.17, 15) is 17.6 Å². The van der Waals surface area contributed by atoms with Gasteiger partial charge in [-0.3, -0.25) is 0 Å². The molecule has 1 aromatic carbocycles. The van der Waals surface area contributed by atoms with Crippen LogP contribution in [-0.4, -0.2) is 29.9 Å². The van der Waals surface area contributed by atoms with E-state index < -0.39 is 17.6 Å². The van der Waals surface area contributed by atoms with E-state index >= 15 is 0 Å². The Morgan fingerprint density at radius 1 is 1.28 bits per heavy atom. The lowest BCUT2D eigenvalue weighted by molar-refractivity contribution is -0.139.